The molecule has 0 radical (unpaired) electrons. The molecule has 0 bridgehead atoms. The number of thiophene rings is 2. The van der Waals surface area contributed by atoms with Crippen LogP contribution in [-0.4, -0.2) is 25.9 Å². The summed E-state index contributed by atoms with van der Waals surface area (Å²) in [6.45, 7) is 0.00841. The van der Waals surface area contributed by atoms with Gasteiger partial charge in [-0.25, -0.2) is 8.42 Å². The van der Waals surface area contributed by atoms with Crippen LogP contribution >= 0.6 is 22.7 Å². The van der Waals surface area contributed by atoms with Gasteiger partial charge in [-0.2, -0.15) is 0 Å². The highest BCUT2D eigenvalue weighted by Gasteiger charge is 2.31. The van der Waals surface area contributed by atoms with Gasteiger partial charge >= 0.3 is 0 Å². The van der Waals surface area contributed by atoms with Crippen LogP contribution in [0.2, 0.25) is 0 Å². The number of hydrogen-bond donors (Lipinski definition) is 1. The molecule has 0 aromatic carbocycles. The Bertz CT molecular complexity index is 889. The second kappa shape index (κ2) is 7.25. The van der Waals surface area contributed by atoms with E-state index in [0.717, 1.165) is 0 Å². The van der Waals surface area contributed by atoms with E-state index in [1.54, 1.807) is 48.0 Å². The van der Waals surface area contributed by atoms with Crippen molar-refractivity contribution in [2.75, 3.05) is 6.54 Å². The predicted octanol–water partition coefficient (Wildman–Crippen LogP) is 3.15. The second-order valence-corrected chi connectivity index (χ2v) is 9.22. The normalized spacial score (nSPS) is 12.7. The summed E-state index contributed by atoms with van der Waals surface area (Å²) in [5.74, 6) is -0.342. The topological polar surface area (TPSA) is 76.1 Å². The largest absolute Gasteiger partial charge is 0.350 e. The van der Waals surface area contributed by atoms with Crippen LogP contribution in [0.5, 0.6) is 0 Å². The average molecular weight is 378 g/mol. The van der Waals surface area contributed by atoms with Gasteiger partial charge in [0, 0.05) is 23.8 Å². The molecule has 0 aliphatic rings. The molecular weight excluding hydrogens is 364 g/mol. The van der Waals surface area contributed by atoms with E-state index >= 15 is 0 Å². The Morgan fingerprint density at radius 3 is 2.54 bits per heavy atom. The second-order valence-electron chi connectivity index (χ2n) is 4.93. The molecule has 1 unspecified atom stereocenters. The number of nitrogens with zero attached hydrogens (tertiary/aromatic N) is 1. The molecule has 0 aliphatic heterocycles. The number of rotatable bonds is 6. The zero-order valence-electron chi connectivity index (χ0n) is 12.5. The third-order valence-electron chi connectivity index (χ3n) is 3.38. The van der Waals surface area contributed by atoms with Crippen molar-refractivity contribution >= 4 is 38.4 Å². The van der Waals surface area contributed by atoms with E-state index in [-0.39, 0.29) is 12.5 Å². The molecule has 0 fully saturated rings. The van der Waals surface area contributed by atoms with Crippen molar-refractivity contribution in [2.45, 2.75) is 9.46 Å². The highest BCUT2D eigenvalue weighted by molar-refractivity contribution is 7.93. The number of nitrogens with one attached hydrogen (secondary N) is 1. The summed E-state index contributed by atoms with van der Waals surface area (Å²) in [6, 6.07) is 10.2. The number of carbonyl (C=O) groups is 1. The fourth-order valence-electron chi connectivity index (χ4n) is 2.19. The number of aromatic nitrogens is 1. The molecule has 0 aliphatic carbocycles. The maximum Gasteiger partial charge on any atom is 0.252 e. The van der Waals surface area contributed by atoms with Crippen LogP contribution in [-0.2, 0) is 9.84 Å². The molecular formula is C16H14N2O3S3. The highest BCUT2D eigenvalue weighted by Crippen LogP contribution is 2.33. The minimum atomic E-state index is -3.56. The average Bonchev–Trinajstić information content (AvgIpc) is 3.29. The lowest BCUT2D eigenvalue weighted by molar-refractivity contribution is 0.0953. The first-order valence-electron chi connectivity index (χ1n) is 7.08. The molecule has 1 N–H and O–H groups in total. The first-order chi connectivity index (χ1) is 11.6. The van der Waals surface area contributed by atoms with Crippen molar-refractivity contribution in [2.24, 2.45) is 0 Å². The van der Waals surface area contributed by atoms with Gasteiger partial charge in [-0.15, -0.1) is 22.7 Å². The standard InChI is InChI=1S/C16H14N2O3S3/c19-16(12-4-1-7-17-10-12)18-11-14(13-5-2-8-22-13)24(20,21)15-6-3-9-23-15/h1-10,14H,11H2,(H,18,19). The van der Waals surface area contributed by atoms with Crippen molar-refractivity contribution in [3.8, 4) is 0 Å². The van der Waals surface area contributed by atoms with Gasteiger partial charge in [0.05, 0.1) is 5.56 Å². The van der Waals surface area contributed by atoms with Crippen molar-refractivity contribution in [3.05, 3.63) is 70.0 Å². The van der Waals surface area contributed by atoms with E-state index in [1.807, 2.05) is 5.38 Å². The van der Waals surface area contributed by atoms with Crippen LogP contribution in [0.25, 0.3) is 0 Å². The highest BCUT2D eigenvalue weighted by atomic mass is 32.2. The zero-order valence-corrected chi connectivity index (χ0v) is 14.9. The molecule has 124 valence electrons. The molecule has 3 aromatic rings. The van der Waals surface area contributed by atoms with E-state index in [9.17, 15) is 13.2 Å². The third kappa shape index (κ3) is 3.55. The van der Waals surface area contributed by atoms with E-state index in [4.69, 9.17) is 0 Å². The maximum absolute atomic E-state index is 12.9. The number of sulfone groups is 1. The Morgan fingerprint density at radius 1 is 1.12 bits per heavy atom. The van der Waals surface area contributed by atoms with E-state index in [1.165, 1.54) is 28.9 Å². The van der Waals surface area contributed by atoms with Crippen molar-refractivity contribution in [3.63, 3.8) is 0 Å². The first-order valence-corrected chi connectivity index (χ1v) is 10.4. The predicted molar refractivity (Wildman–Crippen MR) is 95.1 cm³/mol. The van der Waals surface area contributed by atoms with Gasteiger partial charge in [0.15, 0.2) is 9.84 Å². The Hall–Kier alpha value is -2.03. The quantitative estimate of drug-likeness (QED) is 0.715. The zero-order chi connectivity index (χ0) is 17.0. The molecule has 1 atom stereocenters. The van der Waals surface area contributed by atoms with Crippen LogP contribution in [0.3, 0.4) is 0 Å². The summed E-state index contributed by atoms with van der Waals surface area (Å²) in [5.41, 5.74) is 0.399. The van der Waals surface area contributed by atoms with Gasteiger partial charge in [0.25, 0.3) is 5.91 Å². The fraction of sp³-hybridized carbons (Fsp3) is 0.125. The molecule has 3 heterocycles. The molecule has 8 heteroatoms. The maximum atomic E-state index is 12.9. The van der Waals surface area contributed by atoms with Crippen LogP contribution in [0.4, 0.5) is 0 Å². The van der Waals surface area contributed by atoms with E-state index < -0.39 is 15.1 Å². The summed E-state index contributed by atoms with van der Waals surface area (Å²) in [4.78, 5) is 16.8. The Morgan fingerprint density at radius 2 is 1.92 bits per heavy atom. The van der Waals surface area contributed by atoms with Crippen molar-refractivity contribution < 1.29 is 13.2 Å². The molecule has 3 aromatic heterocycles. The molecule has 5 nitrogen and oxygen atoms in total. The molecule has 24 heavy (non-hydrogen) atoms. The summed E-state index contributed by atoms with van der Waals surface area (Å²) in [6.07, 6.45) is 3.02. The van der Waals surface area contributed by atoms with Crippen LogP contribution in [0, 0.1) is 0 Å². The van der Waals surface area contributed by atoms with E-state index in [2.05, 4.69) is 10.3 Å². The molecule has 0 spiro atoms. The fourth-order valence-corrected chi connectivity index (χ4v) is 6.18. The Labute approximate surface area is 147 Å². The first kappa shape index (κ1) is 16.8. The third-order valence-corrected chi connectivity index (χ3v) is 8.03. The lowest BCUT2D eigenvalue weighted by Crippen LogP contribution is -2.31. The van der Waals surface area contributed by atoms with Crippen molar-refractivity contribution in [1.82, 2.24) is 10.3 Å². The number of hydrogen-bond acceptors (Lipinski definition) is 6. The monoisotopic (exact) mass is 378 g/mol. The van der Waals surface area contributed by atoms with Gasteiger partial charge in [0.1, 0.15) is 9.46 Å². The molecule has 0 saturated carbocycles. The molecule has 1 amide bonds. The smallest absolute Gasteiger partial charge is 0.252 e. The van der Waals surface area contributed by atoms with Gasteiger partial charge < -0.3 is 5.32 Å². The minimum absolute atomic E-state index is 0.00841. The van der Waals surface area contributed by atoms with Gasteiger partial charge in [-0.3, -0.25) is 9.78 Å². The number of carbonyl (C=O) groups excluding carboxylic acids is 1. The van der Waals surface area contributed by atoms with Gasteiger partial charge in [-0.1, -0.05) is 12.1 Å². The number of pyridine rings is 1. The van der Waals surface area contributed by atoms with Crippen LogP contribution < -0.4 is 5.32 Å². The lowest BCUT2D eigenvalue weighted by Gasteiger charge is -2.16. The number of amides is 1. The Kier molecular flexibility index (Phi) is 5.08. The summed E-state index contributed by atoms with van der Waals surface area (Å²) < 4.78 is 26.1. The van der Waals surface area contributed by atoms with Crippen LogP contribution in [0.1, 0.15) is 20.5 Å². The van der Waals surface area contributed by atoms with Gasteiger partial charge in [-0.05, 0) is 35.0 Å². The summed E-state index contributed by atoms with van der Waals surface area (Å²) in [5, 5.41) is 5.46. The van der Waals surface area contributed by atoms with Gasteiger partial charge in [0.2, 0.25) is 0 Å². The van der Waals surface area contributed by atoms with Crippen molar-refractivity contribution in [1.29, 1.82) is 0 Å². The van der Waals surface area contributed by atoms with E-state index in [0.29, 0.717) is 14.6 Å². The molecule has 3 rings (SSSR count). The minimum Gasteiger partial charge on any atom is -0.350 e. The Balaban J connectivity index is 1.83. The summed E-state index contributed by atoms with van der Waals surface area (Å²) >= 11 is 2.54. The summed E-state index contributed by atoms with van der Waals surface area (Å²) in [7, 11) is -3.56. The molecule has 0 saturated heterocycles. The van der Waals surface area contributed by atoms with Crippen LogP contribution in [0.15, 0.2) is 63.8 Å². The SMILES string of the molecule is O=C(NCC(c1cccs1)S(=O)(=O)c1cccs1)c1cccnc1. The lowest BCUT2D eigenvalue weighted by atomic mass is 10.2.